The Hall–Kier alpha value is -0.810. The van der Waals surface area contributed by atoms with Gasteiger partial charge < -0.3 is 14.7 Å². The molecule has 2 fully saturated rings. The van der Waals surface area contributed by atoms with E-state index in [-0.39, 0.29) is 17.7 Å². The molecule has 5 heteroatoms. The molecule has 1 atom stereocenters. The SMILES string of the molecule is CC(C)(C)OC(=O)N1CCC(N2CCC(O)C2(C)C)CC1. The van der Waals surface area contributed by atoms with Crippen molar-refractivity contribution in [3.05, 3.63) is 0 Å². The predicted octanol–water partition coefficient (Wildman–Crippen LogP) is 2.23. The van der Waals surface area contributed by atoms with Crippen LogP contribution in [0.15, 0.2) is 0 Å². The van der Waals surface area contributed by atoms with Gasteiger partial charge in [-0.1, -0.05) is 0 Å². The molecule has 0 spiro atoms. The second-order valence-electron chi connectivity index (χ2n) is 7.85. The summed E-state index contributed by atoms with van der Waals surface area (Å²) < 4.78 is 5.43. The minimum atomic E-state index is -0.436. The Morgan fingerprint density at radius 3 is 2.14 bits per heavy atom. The highest BCUT2D eigenvalue weighted by Crippen LogP contribution is 2.34. The van der Waals surface area contributed by atoms with Crippen molar-refractivity contribution in [2.24, 2.45) is 0 Å². The van der Waals surface area contributed by atoms with E-state index in [1.54, 1.807) is 4.90 Å². The summed E-state index contributed by atoms with van der Waals surface area (Å²) in [5, 5.41) is 10.1. The van der Waals surface area contributed by atoms with Crippen molar-refractivity contribution < 1.29 is 14.6 Å². The molecular weight excluding hydrogens is 268 g/mol. The summed E-state index contributed by atoms with van der Waals surface area (Å²) in [7, 11) is 0. The number of hydrogen-bond acceptors (Lipinski definition) is 4. The molecule has 0 bridgehead atoms. The van der Waals surface area contributed by atoms with Crippen molar-refractivity contribution in [2.45, 2.75) is 77.2 Å². The minimum Gasteiger partial charge on any atom is -0.444 e. The number of hydrogen-bond donors (Lipinski definition) is 1. The number of piperidine rings is 1. The highest BCUT2D eigenvalue weighted by molar-refractivity contribution is 5.68. The summed E-state index contributed by atoms with van der Waals surface area (Å²) in [6.07, 6.45) is 2.30. The number of aliphatic hydroxyl groups is 1. The van der Waals surface area contributed by atoms with E-state index in [4.69, 9.17) is 4.74 Å². The van der Waals surface area contributed by atoms with Crippen LogP contribution in [0.5, 0.6) is 0 Å². The fourth-order valence-electron chi connectivity index (χ4n) is 3.43. The van der Waals surface area contributed by atoms with Crippen LogP contribution in [-0.2, 0) is 4.74 Å². The van der Waals surface area contributed by atoms with Gasteiger partial charge >= 0.3 is 6.09 Å². The Morgan fingerprint density at radius 1 is 1.14 bits per heavy atom. The first-order chi connectivity index (χ1) is 9.61. The smallest absolute Gasteiger partial charge is 0.410 e. The molecule has 2 aliphatic rings. The van der Waals surface area contributed by atoms with Crippen LogP contribution in [0, 0.1) is 0 Å². The molecule has 2 saturated heterocycles. The molecule has 0 saturated carbocycles. The summed E-state index contributed by atoms with van der Waals surface area (Å²) in [4.78, 5) is 16.3. The molecule has 2 rings (SSSR count). The summed E-state index contributed by atoms with van der Waals surface area (Å²) >= 11 is 0. The Morgan fingerprint density at radius 2 is 1.71 bits per heavy atom. The van der Waals surface area contributed by atoms with Crippen LogP contribution in [0.3, 0.4) is 0 Å². The van der Waals surface area contributed by atoms with Crippen molar-refractivity contribution in [2.75, 3.05) is 19.6 Å². The van der Waals surface area contributed by atoms with Crippen LogP contribution < -0.4 is 0 Å². The molecule has 122 valence electrons. The number of rotatable bonds is 1. The average molecular weight is 298 g/mol. The molecule has 5 nitrogen and oxygen atoms in total. The Bertz CT molecular complexity index is 381. The lowest BCUT2D eigenvalue weighted by Gasteiger charge is -2.43. The van der Waals surface area contributed by atoms with Crippen molar-refractivity contribution in [3.8, 4) is 0 Å². The van der Waals surface area contributed by atoms with Gasteiger partial charge in [0.1, 0.15) is 5.60 Å². The van der Waals surface area contributed by atoms with Gasteiger partial charge in [-0.05, 0) is 53.9 Å². The molecule has 0 radical (unpaired) electrons. The molecule has 21 heavy (non-hydrogen) atoms. The van der Waals surface area contributed by atoms with Gasteiger partial charge in [0.05, 0.1) is 6.10 Å². The maximum Gasteiger partial charge on any atom is 0.410 e. The van der Waals surface area contributed by atoms with Crippen LogP contribution in [0.25, 0.3) is 0 Å². The molecule has 2 aliphatic heterocycles. The zero-order chi connectivity index (χ0) is 15.8. The Kier molecular flexibility index (Phi) is 4.54. The van der Waals surface area contributed by atoms with E-state index in [0.717, 1.165) is 38.9 Å². The van der Waals surface area contributed by atoms with E-state index in [1.165, 1.54) is 0 Å². The maximum absolute atomic E-state index is 12.1. The summed E-state index contributed by atoms with van der Waals surface area (Å²) in [6, 6.07) is 0.454. The van der Waals surface area contributed by atoms with Crippen LogP contribution in [0.1, 0.15) is 53.9 Å². The zero-order valence-corrected chi connectivity index (χ0v) is 14.1. The van der Waals surface area contributed by atoms with Crippen LogP contribution in [0.2, 0.25) is 0 Å². The average Bonchev–Trinajstić information content (AvgIpc) is 2.62. The third-order valence-corrected chi connectivity index (χ3v) is 4.76. The van der Waals surface area contributed by atoms with E-state index in [0.29, 0.717) is 6.04 Å². The van der Waals surface area contributed by atoms with Gasteiger partial charge in [0.15, 0.2) is 0 Å². The van der Waals surface area contributed by atoms with Crippen LogP contribution in [-0.4, -0.2) is 63.9 Å². The third kappa shape index (κ3) is 3.69. The lowest BCUT2D eigenvalue weighted by atomic mass is 9.94. The summed E-state index contributed by atoms with van der Waals surface area (Å²) in [6.45, 7) is 12.3. The highest BCUT2D eigenvalue weighted by atomic mass is 16.6. The molecule has 1 N–H and O–H groups in total. The zero-order valence-electron chi connectivity index (χ0n) is 14.1. The van der Waals surface area contributed by atoms with Gasteiger partial charge in [0, 0.05) is 31.2 Å². The Labute approximate surface area is 128 Å². The van der Waals surface area contributed by atoms with Crippen LogP contribution >= 0.6 is 0 Å². The van der Waals surface area contributed by atoms with Gasteiger partial charge in [-0.3, -0.25) is 4.90 Å². The quantitative estimate of drug-likeness (QED) is 0.806. The van der Waals surface area contributed by atoms with Gasteiger partial charge in [-0.2, -0.15) is 0 Å². The highest BCUT2D eigenvalue weighted by Gasteiger charge is 2.44. The Balaban J connectivity index is 1.88. The van der Waals surface area contributed by atoms with Crippen molar-refractivity contribution in [1.82, 2.24) is 9.80 Å². The van der Waals surface area contributed by atoms with Crippen molar-refractivity contribution in [1.29, 1.82) is 0 Å². The molecule has 0 aromatic rings. The fraction of sp³-hybridized carbons (Fsp3) is 0.938. The van der Waals surface area contributed by atoms with E-state index >= 15 is 0 Å². The number of carbonyl (C=O) groups is 1. The topological polar surface area (TPSA) is 53.0 Å². The van der Waals surface area contributed by atoms with E-state index in [2.05, 4.69) is 18.7 Å². The first-order valence-electron chi connectivity index (χ1n) is 8.04. The molecular formula is C16H30N2O3. The number of amides is 1. The lowest BCUT2D eigenvalue weighted by molar-refractivity contribution is -0.00453. The molecule has 2 heterocycles. The summed E-state index contributed by atoms with van der Waals surface area (Å²) in [5.41, 5.74) is -0.590. The summed E-state index contributed by atoms with van der Waals surface area (Å²) in [5.74, 6) is 0. The van der Waals surface area contributed by atoms with Crippen molar-refractivity contribution in [3.63, 3.8) is 0 Å². The van der Waals surface area contributed by atoms with Crippen LogP contribution in [0.4, 0.5) is 4.79 Å². The predicted molar refractivity (Wildman–Crippen MR) is 82.2 cm³/mol. The molecule has 1 unspecified atom stereocenters. The van der Waals surface area contributed by atoms with Gasteiger partial charge in [0.2, 0.25) is 0 Å². The molecule has 0 aromatic heterocycles. The number of ether oxygens (including phenoxy) is 1. The second-order valence-corrected chi connectivity index (χ2v) is 7.85. The monoisotopic (exact) mass is 298 g/mol. The third-order valence-electron chi connectivity index (χ3n) is 4.76. The molecule has 0 aliphatic carbocycles. The fourth-order valence-corrected chi connectivity index (χ4v) is 3.43. The van der Waals surface area contributed by atoms with Gasteiger partial charge in [-0.25, -0.2) is 4.79 Å². The number of likely N-dealkylation sites (tertiary alicyclic amines) is 2. The maximum atomic E-state index is 12.1. The number of aliphatic hydroxyl groups excluding tert-OH is 1. The number of nitrogens with zero attached hydrogens (tertiary/aromatic N) is 2. The lowest BCUT2D eigenvalue weighted by Crippen LogP contribution is -2.54. The minimum absolute atomic E-state index is 0.154. The van der Waals surface area contributed by atoms with Crippen molar-refractivity contribution >= 4 is 6.09 Å². The number of carbonyl (C=O) groups excluding carboxylic acids is 1. The molecule has 0 aromatic carbocycles. The second kappa shape index (κ2) is 5.76. The van der Waals surface area contributed by atoms with E-state index in [9.17, 15) is 9.90 Å². The first kappa shape index (κ1) is 16.6. The normalized spacial score (nSPS) is 27.9. The van der Waals surface area contributed by atoms with Gasteiger partial charge in [-0.15, -0.1) is 0 Å². The largest absolute Gasteiger partial charge is 0.444 e. The van der Waals surface area contributed by atoms with E-state index < -0.39 is 5.60 Å². The first-order valence-corrected chi connectivity index (χ1v) is 8.04. The van der Waals surface area contributed by atoms with E-state index in [1.807, 2.05) is 20.8 Å². The van der Waals surface area contributed by atoms with Gasteiger partial charge in [0.25, 0.3) is 0 Å². The standard InChI is InChI=1S/C16H30N2O3/c1-15(2,3)21-14(20)17-9-6-12(7-10-17)18-11-8-13(19)16(18,4)5/h12-13,19H,6-11H2,1-5H3. The molecule has 1 amide bonds.